The van der Waals surface area contributed by atoms with E-state index in [0.717, 1.165) is 18.0 Å². The Balaban J connectivity index is 1.90. The van der Waals surface area contributed by atoms with Crippen molar-refractivity contribution in [1.29, 1.82) is 0 Å². The van der Waals surface area contributed by atoms with Gasteiger partial charge in [0.2, 0.25) is 0 Å². The summed E-state index contributed by atoms with van der Waals surface area (Å²) in [4.78, 5) is 2.60. The molecule has 0 radical (unpaired) electrons. The Hall–Kier alpha value is -0.220. The lowest BCUT2D eigenvalue weighted by molar-refractivity contribution is 0.268. The molecule has 1 N–H and O–H groups in total. The van der Waals surface area contributed by atoms with Crippen LogP contribution >= 0.6 is 23.4 Å². The van der Waals surface area contributed by atoms with E-state index in [-0.39, 0.29) is 0 Å². The zero-order valence-electron chi connectivity index (χ0n) is 13.4. The molecule has 0 bridgehead atoms. The topological polar surface area (TPSA) is 15.3 Å². The molecule has 0 aromatic heterocycles. The van der Waals surface area contributed by atoms with Crippen LogP contribution in [0.3, 0.4) is 0 Å². The molecule has 2 nitrogen and oxygen atoms in total. The molecule has 1 saturated heterocycles. The van der Waals surface area contributed by atoms with Gasteiger partial charge in [-0.15, -0.1) is 0 Å². The minimum Gasteiger partial charge on any atom is -0.313 e. The second-order valence-corrected chi connectivity index (χ2v) is 8.56. The molecule has 1 fully saturated rings. The van der Waals surface area contributed by atoms with Crippen LogP contribution in [-0.4, -0.2) is 42.1 Å². The highest BCUT2D eigenvalue weighted by molar-refractivity contribution is 8.00. The number of rotatable bonds is 5. The van der Waals surface area contributed by atoms with E-state index in [1.807, 2.05) is 19.2 Å². The molecule has 2 rings (SSSR count). The minimum atomic E-state index is 0.336. The van der Waals surface area contributed by atoms with Crippen molar-refractivity contribution in [3.8, 4) is 0 Å². The fourth-order valence-electron chi connectivity index (χ4n) is 2.81. The molecule has 21 heavy (non-hydrogen) atoms. The summed E-state index contributed by atoms with van der Waals surface area (Å²) in [5.41, 5.74) is 1.21. The van der Waals surface area contributed by atoms with Gasteiger partial charge in [-0.1, -0.05) is 43.6 Å². The number of halogens is 1. The molecule has 1 aliphatic rings. The Morgan fingerprint density at radius 2 is 2.10 bits per heavy atom. The van der Waals surface area contributed by atoms with E-state index in [1.54, 1.807) is 0 Å². The third-order valence-electron chi connectivity index (χ3n) is 4.29. The first kappa shape index (κ1) is 17.1. The molecular formula is C17H27ClN2S. The van der Waals surface area contributed by atoms with Gasteiger partial charge in [-0.05, 0) is 44.6 Å². The Labute approximate surface area is 138 Å². The SMILES string of the molecule is CNC(CCN1CCSC(C)(C)CC1)c1ccccc1Cl. The van der Waals surface area contributed by atoms with E-state index in [4.69, 9.17) is 11.6 Å². The van der Waals surface area contributed by atoms with Gasteiger partial charge < -0.3 is 10.2 Å². The first-order chi connectivity index (χ1) is 10.0. The van der Waals surface area contributed by atoms with Gasteiger partial charge in [0.15, 0.2) is 0 Å². The van der Waals surface area contributed by atoms with Gasteiger partial charge >= 0.3 is 0 Å². The van der Waals surface area contributed by atoms with Crippen LogP contribution in [0.15, 0.2) is 24.3 Å². The quantitative estimate of drug-likeness (QED) is 0.872. The van der Waals surface area contributed by atoms with Crippen molar-refractivity contribution in [2.24, 2.45) is 0 Å². The summed E-state index contributed by atoms with van der Waals surface area (Å²) in [5, 5.41) is 4.28. The summed E-state index contributed by atoms with van der Waals surface area (Å²) in [6.07, 6.45) is 2.37. The number of nitrogens with zero attached hydrogens (tertiary/aromatic N) is 1. The van der Waals surface area contributed by atoms with Crippen LogP contribution in [0.5, 0.6) is 0 Å². The molecule has 1 heterocycles. The first-order valence-corrected chi connectivity index (χ1v) is 9.16. The van der Waals surface area contributed by atoms with Crippen LogP contribution in [0.1, 0.15) is 38.3 Å². The van der Waals surface area contributed by atoms with Crippen molar-refractivity contribution >= 4 is 23.4 Å². The summed E-state index contributed by atoms with van der Waals surface area (Å²) < 4.78 is 0.430. The molecule has 1 atom stereocenters. The van der Waals surface area contributed by atoms with Gasteiger partial charge in [-0.25, -0.2) is 0 Å². The van der Waals surface area contributed by atoms with Crippen molar-refractivity contribution in [2.75, 3.05) is 32.4 Å². The molecular weight excluding hydrogens is 300 g/mol. The molecule has 0 saturated carbocycles. The summed E-state index contributed by atoms with van der Waals surface area (Å²) in [6.45, 7) is 8.27. The first-order valence-electron chi connectivity index (χ1n) is 7.80. The Kier molecular flexibility index (Phi) is 6.42. The van der Waals surface area contributed by atoms with Crippen LogP contribution in [0, 0.1) is 0 Å². The summed E-state index contributed by atoms with van der Waals surface area (Å²) in [7, 11) is 2.02. The molecule has 1 aromatic carbocycles. The second-order valence-electron chi connectivity index (χ2n) is 6.35. The van der Waals surface area contributed by atoms with E-state index in [1.165, 1.54) is 30.8 Å². The summed E-state index contributed by atoms with van der Waals surface area (Å²) in [6, 6.07) is 8.50. The smallest absolute Gasteiger partial charge is 0.0453 e. The maximum absolute atomic E-state index is 6.33. The van der Waals surface area contributed by atoms with Crippen LogP contribution in [-0.2, 0) is 0 Å². The average molecular weight is 327 g/mol. The molecule has 118 valence electrons. The van der Waals surface area contributed by atoms with Gasteiger partial charge in [-0.3, -0.25) is 0 Å². The van der Waals surface area contributed by atoms with Crippen molar-refractivity contribution in [2.45, 2.75) is 37.5 Å². The molecule has 1 aliphatic heterocycles. The molecule has 1 aromatic rings. The van der Waals surface area contributed by atoms with Crippen molar-refractivity contribution in [3.05, 3.63) is 34.9 Å². The number of nitrogens with one attached hydrogen (secondary N) is 1. The highest BCUT2D eigenvalue weighted by Crippen LogP contribution is 2.31. The van der Waals surface area contributed by atoms with Crippen LogP contribution in [0.2, 0.25) is 5.02 Å². The standard InChI is InChI=1S/C17H27ClN2S/c1-17(2)9-11-20(12-13-21-17)10-8-16(19-3)14-6-4-5-7-15(14)18/h4-7,16,19H,8-13H2,1-3H3. The Morgan fingerprint density at radius 3 is 2.81 bits per heavy atom. The molecule has 0 aliphatic carbocycles. The fourth-order valence-corrected chi connectivity index (χ4v) is 4.22. The fraction of sp³-hybridized carbons (Fsp3) is 0.647. The maximum Gasteiger partial charge on any atom is 0.0453 e. The zero-order chi connectivity index (χ0) is 15.3. The highest BCUT2D eigenvalue weighted by Gasteiger charge is 2.24. The van der Waals surface area contributed by atoms with Crippen LogP contribution in [0.4, 0.5) is 0 Å². The van der Waals surface area contributed by atoms with Gasteiger partial charge in [0.25, 0.3) is 0 Å². The third-order valence-corrected chi connectivity index (χ3v) is 6.01. The van der Waals surface area contributed by atoms with Crippen molar-refractivity contribution in [3.63, 3.8) is 0 Å². The van der Waals surface area contributed by atoms with Gasteiger partial charge in [0, 0.05) is 28.1 Å². The second kappa shape index (κ2) is 7.87. The molecule has 1 unspecified atom stereocenters. The number of thioether (sulfide) groups is 1. The van der Waals surface area contributed by atoms with E-state index in [2.05, 4.69) is 48.0 Å². The van der Waals surface area contributed by atoms with Gasteiger partial charge in [0.05, 0.1) is 0 Å². The van der Waals surface area contributed by atoms with Crippen molar-refractivity contribution in [1.82, 2.24) is 10.2 Å². The molecule has 0 spiro atoms. The molecule has 4 heteroatoms. The highest BCUT2D eigenvalue weighted by atomic mass is 35.5. The van der Waals surface area contributed by atoms with E-state index < -0.39 is 0 Å². The normalized spacial score (nSPS) is 21.0. The van der Waals surface area contributed by atoms with Gasteiger partial charge in [0.1, 0.15) is 0 Å². The predicted molar refractivity (Wildman–Crippen MR) is 95.5 cm³/mol. The number of hydrogen-bond donors (Lipinski definition) is 1. The lowest BCUT2D eigenvalue weighted by Crippen LogP contribution is -2.31. The maximum atomic E-state index is 6.33. The largest absolute Gasteiger partial charge is 0.313 e. The van der Waals surface area contributed by atoms with Gasteiger partial charge in [-0.2, -0.15) is 11.8 Å². The number of benzene rings is 1. The van der Waals surface area contributed by atoms with Crippen LogP contribution < -0.4 is 5.32 Å². The van der Waals surface area contributed by atoms with Crippen LogP contribution in [0.25, 0.3) is 0 Å². The minimum absolute atomic E-state index is 0.336. The van der Waals surface area contributed by atoms with E-state index in [9.17, 15) is 0 Å². The zero-order valence-corrected chi connectivity index (χ0v) is 14.9. The third kappa shape index (κ3) is 5.17. The Bertz CT molecular complexity index is 450. The Morgan fingerprint density at radius 1 is 1.33 bits per heavy atom. The van der Waals surface area contributed by atoms with Crippen molar-refractivity contribution < 1.29 is 0 Å². The number of hydrogen-bond acceptors (Lipinski definition) is 3. The monoisotopic (exact) mass is 326 g/mol. The van der Waals surface area contributed by atoms with E-state index in [0.29, 0.717) is 10.8 Å². The lowest BCUT2D eigenvalue weighted by Gasteiger charge is -2.25. The lowest BCUT2D eigenvalue weighted by atomic mass is 10.0. The molecule has 0 amide bonds. The predicted octanol–water partition coefficient (Wildman–Crippen LogP) is 4.21. The van der Waals surface area contributed by atoms with E-state index >= 15 is 0 Å². The average Bonchev–Trinajstić information content (AvgIpc) is 2.62. The summed E-state index contributed by atoms with van der Waals surface area (Å²) >= 11 is 8.43. The summed E-state index contributed by atoms with van der Waals surface area (Å²) in [5.74, 6) is 1.24.